The van der Waals surface area contributed by atoms with Crippen molar-refractivity contribution < 1.29 is 8.42 Å². The van der Waals surface area contributed by atoms with Gasteiger partial charge in [-0.2, -0.15) is 0 Å². The second kappa shape index (κ2) is 12.9. The molecule has 0 spiro atoms. The monoisotopic (exact) mass is 544 g/mol. The molecule has 30 heavy (non-hydrogen) atoms. The summed E-state index contributed by atoms with van der Waals surface area (Å²) in [4.78, 5) is 4.66. The summed E-state index contributed by atoms with van der Waals surface area (Å²) in [5.74, 6) is 0.651. The number of aliphatic imine (C=N–C) groups is 1. The Morgan fingerprint density at radius 2 is 1.57 bits per heavy atom. The molecule has 0 aliphatic rings. The average Bonchev–Trinajstić information content (AvgIpc) is 2.65. The van der Waals surface area contributed by atoms with E-state index in [9.17, 15) is 8.42 Å². The molecular formula is C22H33IN4O2S. The van der Waals surface area contributed by atoms with Gasteiger partial charge >= 0.3 is 0 Å². The zero-order valence-corrected chi connectivity index (χ0v) is 21.3. The second-order valence-electron chi connectivity index (χ2n) is 7.28. The van der Waals surface area contributed by atoms with Gasteiger partial charge in [0.25, 0.3) is 0 Å². The normalized spacial score (nSPS) is 11.8. The van der Waals surface area contributed by atoms with Crippen LogP contribution in [0, 0.1) is 6.92 Å². The Hall–Kier alpha value is -1.65. The molecule has 166 valence electrons. The zero-order valence-electron chi connectivity index (χ0n) is 18.1. The van der Waals surface area contributed by atoms with E-state index in [0.29, 0.717) is 19.0 Å². The number of hydrogen-bond donors (Lipinski definition) is 3. The average molecular weight is 545 g/mol. The van der Waals surface area contributed by atoms with E-state index in [1.54, 1.807) is 0 Å². The van der Waals surface area contributed by atoms with Gasteiger partial charge in [-0.05, 0) is 49.9 Å². The lowest BCUT2D eigenvalue weighted by molar-refractivity contribution is 0.569. The third-order valence-electron chi connectivity index (χ3n) is 4.34. The highest BCUT2D eigenvalue weighted by atomic mass is 127. The number of halogens is 1. The van der Waals surface area contributed by atoms with Gasteiger partial charge in [-0.3, -0.25) is 0 Å². The SMILES string of the molecule is CCNC(=NCc1ccccc1CS(=O)(=O)NC(C)C)NCc1ccccc1C.I. The third kappa shape index (κ3) is 9.01. The van der Waals surface area contributed by atoms with Crippen LogP contribution in [0.15, 0.2) is 53.5 Å². The fraction of sp³-hybridized carbons (Fsp3) is 0.409. The smallest absolute Gasteiger partial charge is 0.216 e. The molecule has 0 saturated heterocycles. The fourth-order valence-electron chi connectivity index (χ4n) is 2.95. The summed E-state index contributed by atoms with van der Waals surface area (Å²) in [5.41, 5.74) is 4.10. The minimum absolute atomic E-state index is 0. The number of guanidine groups is 1. The van der Waals surface area contributed by atoms with E-state index in [0.717, 1.165) is 17.7 Å². The molecule has 0 fully saturated rings. The van der Waals surface area contributed by atoms with E-state index in [4.69, 9.17) is 0 Å². The van der Waals surface area contributed by atoms with Crippen LogP contribution in [0.3, 0.4) is 0 Å². The Balaban J connectivity index is 0.00000450. The Labute approximate surface area is 198 Å². The minimum Gasteiger partial charge on any atom is -0.357 e. The first-order chi connectivity index (χ1) is 13.8. The first kappa shape index (κ1) is 26.4. The number of aryl methyl sites for hydroxylation is 1. The van der Waals surface area contributed by atoms with Crippen molar-refractivity contribution in [1.29, 1.82) is 0 Å². The van der Waals surface area contributed by atoms with Crippen LogP contribution >= 0.6 is 24.0 Å². The highest BCUT2D eigenvalue weighted by Crippen LogP contribution is 2.14. The van der Waals surface area contributed by atoms with E-state index in [-0.39, 0.29) is 35.8 Å². The van der Waals surface area contributed by atoms with Gasteiger partial charge in [0.1, 0.15) is 0 Å². The summed E-state index contributed by atoms with van der Waals surface area (Å²) in [6.45, 7) is 9.55. The highest BCUT2D eigenvalue weighted by Gasteiger charge is 2.15. The number of hydrogen-bond acceptors (Lipinski definition) is 3. The largest absolute Gasteiger partial charge is 0.357 e. The molecule has 0 heterocycles. The van der Waals surface area contributed by atoms with Gasteiger partial charge in [0.15, 0.2) is 5.96 Å². The topological polar surface area (TPSA) is 82.6 Å². The second-order valence-corrected chi connectivity index (χ2v) is 9.03. The lowest BCUT2D eigenvalue weighted by Gasteiger charge is -2.14. The Morgan fingerprint density at radius 3 is 2.17 bits per heavy atom. The van der Waals surface area contributed by atoms with Crippen molar-refractivity contribution >= 4 is 40.0 Å². The molecule has 0 amide bonds. The number of nitrogens with one attached hydrogen (secondary N) is 3. The van der Waals surface area contributed by atoms with Crippen LogP contribution in [0.5, 0.6) is 0 Å². The van der Waals surface area contributed by atoms with Crippen LogP contribution in [0.4, 0.5) is 0 Å². The molecule has 0 aromatic heterocycles. The van der Waals surface area contributed by atoms with E-state index >= 15 is 0 Å². The third-order valence-corrected chi connectivity index (χ3v) is 5.86. The highest BCUT2D eigenvalue weighted by molar-refractivity contribution is 14.0. The van der Waals surface area contributed by atoms with Crippen molar-refractivity contribution in [3.63, 3.8) is 0 Å². The van der Waals surface area contributed by atoms with Crippen LogP contribution in [-0.4, -0.2) is 27.0 Å². The first-order valence-electron chi connectivity index (χ1n) is 9.94. The lowest BCUT2D eigenvalue weighted by Crippen LogP contribution is -2.37. The molecule has 0 aliphatic heterocycles. The van der Waals surface area contributed by atoms with Crippen molar-refractivity contribution in [1.82, 2.24) is 15.4 Å². The van der Waals surface area contributed by atoms with E-state index in [2.05, 4.69) is 39.4 Å². The minimum atomic E-state index is -3.39. The van der Waals surface area contributed by atoms with Crippen LogP contribution in [0.25, 0.3) is 0 Å². The van der Waals surface area contributed by atoms with Crippen molar-refractivity contribution in [2.24, 2.45) is 4.99 Å². The number of sulfonamides is 1. The maximum absolute atomic E-state index is 12.3. The van der Waals surface area contributed by atoms with Crippen molar-refractivity contribution in [3.8, 4) is 0 Å². The van der Waals surface area contributed by atoms with Gasteiger partial charge in [0.05, 0.1) is 12.3 Å². The van der Waals surface area contributed by atoms with Crippen molar-refractivity contribution in [2.75, 3.05) is 6.54 Å². The number of nitrogens with zero attached hydrogens (tertiary/aromatic N) is 1. The van der Waals surface area contributed by atoms with Gasteiger partial charge in [-0.15, -0.1) is 24.0 Å². The van der Waals surface area contributed by atoms with Gasteiger partial charge in [0, 0.05) is 19.1 Å². The summed E-state index contributed by atoms with van der Waals surface area (Å²) in [5, 5.41) is 6.59. The van der Waals surface area contributed by atoms with Gasteiger partial charge < -0.3 is 10.6 Å². The standard InChI is InChI=1S/C22H32N4O2S.HI/c1-5-23-22(24-14-19-11-7-6-10-18(19)4)25-15-20-12-8-9-13-21(20)16-29(27,28)26-17(2)3;/h6-13,17,26H,5,14-16H2,1-4H3,(H2,23,24,25);1H. The van der Waals surface area contributed by atoms with Crippen LogP contribution in [-0.2, 0) is 28.9 Å². The molecule has 2 aromatic carbocycles. The Morgan fingerprint density at radius 1 is 0.967 bits per heavy atom. The molecule has 2 rings (SSSR count). The molecule has 0 bridgehead atoms. The van der Waals surface area contributed by atoms with E-state index in [1.165, 1.54) is 11.1 Å². The Bertz CT molecular complexity index is 930. The zero-order chi connectivity index (χ0) is 21.3. The number of rotatable bonds is 9. The fourth-order valence-corrected chi connectivity index (χ4v) is 4.44. The molecule has 3 N–H and O–H groups in total. The first-order valence-corrected chi connectivity index (χ1v) is 11.6. The summed E-state index contributed by atoms with van der Waals surface area (Å²) in [6.07, 6.45) is 0. The van der Waals surface area contributed by atoms with Gasteiger partial charge in [-0.1, -0.05) is 48.5 Å². The molecule has 6 nitrogen and oxygen atoms in total. The van der Waals surface area contributed by atoms with Gasteiger partial charge in [-0.25, -0.2) is 18.1 Å². The summed E-state index contributed by atoms with van der Waals surface area (Å²) >= 11 is 0. The molecule has 0 atom stereocenters. The van der Waals surface area contributed by atoms with Crippen molar-refractivity contribution in [2.45, 2.75) is 52.6 Å². The molecule has 0 aliphatic carbocycles. The maximum atomic E-state index is 12.3. The van der Waals surface area contributed by atoms with Crippen molar-refractivity contribution in [3.05, 3.63) is 70.8 Å². The number of benzene rings is 2. The van der Waals surface area contributed by atoms with Crippen LogP contribution in [0.1, 0.15) is 43.0 Å². The summed E-state index contributed by atoms with van der Waals surface area (Å²) in [6, 6.07) is 15.6. The lowest BCUT2D eigenvalue weighted by atomic mass is 10.1. The molecule has 0 unspecified atom stereocenters. The van der Waals surface area contributed by atoms with E-state index < -0.39 is 10.0 Å². The van der Waals surface area contributed by atoms with Gasteiger partial charge in [0.2, 0.25) is 10.0 Å². The van der Waals surface area contributed by atoms with E-state index in [1.807, 2.05) is 57.2 Å². The summed E-state index contributed by atoms with van der Waals surface area (Å²) < 4.78 is 27.3. The van der Waals surface area contributed by atoms with Crippen LogP contribution in [0.2, 0.25) is 0 Å². The Kier molecular flexibility index (Phi) is 11.4. The molecular weight excluding hydrogens is 511 g/mol. The predicted octanol–water partition coefficient (Wildman–Crippen LogP) is 3.70. The maximum Gasteiger partial charge on any atom is 0.216 e. The molecule has 0 radical (unpaired) electrons. The predicted molar refractivity (Wildman–Crippen MR) is 136 cm³/mol. The quantitative estimate of drug-likeness (QED) is 0.256. The molecule has 2 aromatic rings. The molecule has 0 saturated carbocycles. The van der Waals surface area contributed by atoms with Crippen LogP contribution < -0.4 is 15.4 Å². The molecule has 8 heteroatoms. The summed E-state index contributed by atoms with van der Waals surface area (Å²) in [7, 11) is -3.39.